The van der Waals surface area contributed by atoms with Crippen molar-refractivity contribution >= 4 is 23.4 Å². The van der Waals surface area contributed by atoms with E-state index in [1.54, 1.807) is 0 Å². The van der Waals surface area contributed by atoms with Crippen LogP contribution < -0.4 is 10.6 Å². The standard InChI is InChI=1S/C24H25N3O3/c1-14(2)20-18-19(24(26-20)16-10-6-7-11-17(16)25-23(24)30)22(29)27(21(18)28)13-12-15-8-4-3-5-9-15/h3-11,14,18-20,26H,12-13H2,1-2H3,(H,25,30)/t18-,19+,20-,24+/m1/s1. The first kappa shape index (κ1) is 19.0. The summed E-state index contributed by atoms with van der Waals surface area (Å²) >= 11 is 0. The quantitative estimate of drug-likeness (QED) is 0.768. The van der Waals surface area contributed by atoms with E-state index in [-0.39, 0.29) is 29.7 Å². The fraction of sp³-hybridized carbons (Fsp3) is 0.375. The molecule has 3 aliphatic heterocycles. The molecule has 2 saturated heterocycles. The molecular weight excluding hydrogens is 378 g/mol. The number of hydrogen-bond acceptors (Lipinski definition) is 4. The maximum atomic E-state index is 13.6. The van der Waals surface area contributed by atoms with Crippen LogP contribution in [0, 0.1) is 17.8 Å². The summed E-state index contributed by atoms with van der Waals surface area (Å²) in [6, 6.07) is 17.0. The first-order valence-electron chi connectivity index (χ1n) is 10.5. The molecule has 0 saturated carbocycles. The maximum absolute atomic E-state index is 13.6. The average molecular weight is 403 g/mol. The Labute approximate surface area is 175 Å². The molecule has 2 aromatic rings. The van der Waals surface area contributed by atoms with Crippen LogP contribution in [0.15, 0.2) is 54.6 Å². The van der Waals surface area contributed by atoms with Crippen molar-refractivity contribution in [3.05, 3.63) is 65.7 Å². The first-order chi connectivity index (χ1) is 14.4. The lowest BCUT2D eigenvalue weighted by Crippen LogP contribution is -2.54. The molecule has 154 valence electrons. The van der Waals surface area contributed by atoms with Gasteiger partial charge in [-0.25, -0.2) is 0 Å². The highest BCUT2D eigenvalue weighted by molar-refractivity contribution is 6.15. The van der Waals surface area contributed by atoms with Gasteiger partial charge in [0.05, 0.1) is 11.8 Å². The fourth-order valence-corrected chi connectivity index (χ4v) is 5.43. The largest absolute Gasteiger partial charge is 0.324 e. The van der Waals surface area contributed by atoms with E-state index in [1.165, 1.54) is 4.90 Å². The van der Waals surface area contributed by atoms with Crippen molar-refractivity contribution in [1.29, 1.82) is 0 Å². The van der Waals surface area contributed by atoms with Gasteiger partial charge < -0.3 is 5.32 Å². The molecule has 0 aliphatic carbocycles. The lowest BCUT2D eigenvalue weighted by atomic mass is 9.76. The summed E-state index contributed by atoms with van der Waals surface area (Å²) in [5.41, 5.74) is 1.36. The Kier molecular flexibility index (Phi) is 4.29. The summed E-state index contributed by atoms with van der Waals surface area (Å²) in [5, 5.41) is 6.38. The predicted octanol–water partition coefficient (Wildman–Crippen LogP) is 2.31. The summed E-state index contributed by atoms with van der Waals surface area (Å²) in [6.45, 7) is 4.38. The van der Waals surface area contributed by atoms with Crippen molar-refractivity contribution < 1.29 is 14.4 Å². The normalized spacial score (nSPS) is 29.6. The summed E-state index contributed by atoms with van der Waals surface area (Å²) in [6.07, 6.45) is 0.604. The fourth-order valence-electron chi connectivity index (χ4n) is 5.43. The van der Waals surface area contributed by atoms with Crippen LogP contribution in [0.5, 0.6) is 0 Å². The molecule has 1 spiro atoms. The molecule has 2 aromatic carbocycles. The third-order valence-electron chi connectivity index (χ3n) is 6.83. The molecule has 3 amide bonds. The van der Waals surface area contributed by atoms with Crippen molar-refractivity contribution in [3.63, 3.8) is 0 Å². The zero-order valence-corrected chi connectivity index (χ0v) is 17.1. The molecule has 2 N–H and O–H groups in total. The first-order valence-corrected chi connectivity index (χ1v) is 10.5. The number of benzene rings is 2. The molecule has 4 atom stereocenters. The van der Waals surface area contributed by atoms with E-state index >= 15 is 0 Å². The van der Waals surface area contributed by atoms with E-state index in [2.05, 4.69) is 10.6 Å². The molecule has 6 nitrogen and oxygen atoms in total. The Bertz CT molecular complexity index is 1040. The molecule has 0 radical (unpaired) electrons. The monoisotopic (exact) mass is 403 g/mol. The van der Waals surface area contributed by atoms with Crippen molar-refractivity contribution in [2.45, 2.75) is 31.8 Å². The minimum Gasteiger partial charge on any atom is -0.324 e. The van der Waals surface area contributed by atoms with Gasteiger partial charge in [0.25, 0.3) is 0 Å². The summed E-state index contributed by atoms with van der Waals surface area (Å²) in [4.78, 5) is 41.6. The lowest BCUT2D eigenvalue weighted by molar-refractivity contribution is -0.142. The van der Waals surface area contributed by atoms with Gasteiger partial charge in [0, 0.05) is 23.8 Å². The van der Waals surface area contributed by atoms with Crippen LogP contribution in [0.4, 0.5) is 5.69 Å². The molecule has 3 aliphatic rings. The van der Waals surface area contributed by atoms with E-state index in [9.17, 15) is 14.4 Å². The number of amides is 3. The average Bonchev–Trinajstić information content (AvgIpc) is 3.33. The Morgan fingerprint density at radius 2 is 1.67 bits per heavy atom. The zero-order valence-electron chi connectivity index (χ0n) is 17.1. The molecule has 0 bridgehead atoms. The number of carbonyl (C=O) groups excluding carboxylic acids is 3. The Balaban J connectivity index is 1.54. The number of fused-ring (bicyclic) bond motifs is 4. The van der Waals surface area contributed by atoms with Crippen molar-refractivity contribution in [1.82, 2.24) is 10.2 Å². The van der Waals surface area contributed by atoms with Crippen LogP contribution in [0.2, 0.25) is 0 Å². The van der Waals surface area contributed by atoms with Gasteiger partial charge in [-0.1, -0.05) is 62.4 Å². The predicted molar refractivity (Wildman–Crippen MR) is 112 cm³/mol. The van der Waals surface area contributed by atoms with Crippen LogP contribution in [0.1, 0.15) is 25.0 Å². The number of hydrogen-bond donors (Lipinski definition) is 2. The minimum absolute atomic E-state index is 0.100. The zero-order chi connectivity index (χ0) is 21.0. The molecule has 5 rings (SSSR count). The third kappa shape index (κ3) is 2.50. The number of nitrogens with one attached hydrogen (secondary N) is 2. The smallest absolute Gasteiger partial charge is 0.250 e. The third-order valence-corrected chi connectivity index (χ3v) is 6.83. The number of likely N-dealkylation sites (tertiary alicyclic amines) is 1. The number of para-hydroxylation sites is 1. The van der Waals surface area contributed by atoms with E-state index in [1.807, 2.05) is 68.4 Å². The van der Waals surface area contributed by atoms with Gasteiger partial charge in [-0.2, -0.15) is 0 Å². The van der Waals surface area contributed by atoms with E-state index < -0.39 is 17.4 Å². The summed E-state index contributed by atoms with van der Waals surface area (Å²) < 4.78 is 0. The Hall–Kier alpha value is -2.99. The molecule has 30 heavy (non-hydrogen) atoms. The molecule has 2 fully saturated rings. The molecule has 3 heterocycles. The SMILES string of the molecule is CC(C)[C@H]1N[C@]2(C(=O)Nc3ccccc32)[C@@H]2C(=O)N(CCc3ccccc3)C(=O)[C@@H]12. The number of anilines is 1. The van der Waals surface area contributed by atoms with E-state index in [0.717, 1.165) is 11.1 Å². The van der Waals surface area contributed by atoms with Crippen molar-refractivity contribution in [2.75, 3.05) is 11.9 Å². The van der Waals surface area contributed by atoms with Crippen LogP contribution in [-0.4, -0.2) is 35.2 Å². The van der Waals surface area contributed by atoms with E-state index in [0.29, 0.717) is 18.7 Å². The Morgan fingerprint density at radius 3 is 2.40 bits per heavy atom. The highest BCUT2D eigenvalue weighted by Crippen LogP contribution is 2.53. The minimum atomic E-state index is -1.19. The molecule has 6 heteroatoms. The second kappa shape index (κ2) is 6.77. The topological polar surface area (TPSA) is 78.5 Å². The van der Waals surface area contributed by atoms with Crippen LogP contribution >= 0.6 is 0 Å². The van der Waals surface area contributed by atoms with Gasteiger partial charge >= 0.3 is 0 Å². The van der Waals surface area contributed by atoms with Crippen LogP contribution in [0.25, 0.3) is 0 Å². The van der Waals surface area contributed by atoms with Gasteiger partial charge in [0.15, 0.2) is 0 Å². The molecule has 0 aromatic heterocycles. The second-order valence-corrected chi connectivity index (χ2v) is 8.79. The van der Waals surface area contributed by atoms with Crippen LogP contribution in [-0.2, 0) is 26.3 Å². The molecule has 0 unspecified atom stereocenters. The number of imide groups is 1. The van der Waals surface area contributed by atoms with Gasteiger partial charge in [-0.05, 0) is 24.0 Å². The highest BCUT2D eigenvalue weighted by atomic mass is 16.2. The highest BCUT2D eigenvalue weighted by Gasteiger charge is 2.70. The number of carbonyl (C=O) groups is 3. The molecular formula is C24H25N3O3. The summed E-state index contributed by atoms with van der Waals surface area (Å²) in [5.74, 6) is -1.82. The van der Waals surface area contributed by atoms with E-state index in [4.69, 9.17) is 0 Å². The lowest BCUT2D eigenvalue weighted by Gasteiger charge is -2.30. The van der Waals surface area contributed by atoms with Crippen molar-refractivity contribution in [2.24, 2.45) is 17.8 Å². The Morgan fingerprint density at radius 1 is 0.967 bits per heavy atom. The maximum Gasteiger partial charge on any atom is 0.250 e. The van der Waals surface area contributed by atoms with Gasteiger partial charge in [-0.15, -0.1) is 0 Å². The van der Waals surface area contributed by atoms with Gasteiger partial charge in [0.2, 0.25) is 17.7 Å². The number of nitrogens with zero attached hydrogens (tertiary/aromatic N) is 1. The number of rotatable bonds is 4. The summed E-state index contributed by atoms with van der Waals surface area (Å²) in [7, 11) is 0. The van der Waals surface area contributed by atoms with Gasteiger partial charge in [0.1, 0.15) is 5.54 Å². The van der Waals surface area contributed by atoms with Gasteiger partial charge in [-0.3, -0.25) is 24.6 Å². The second-order valence-electron chi connectivity index (χ2n) is 8.79. The van der Waals surface area contributed by atoms with Crippen LogP contribution in [0.3, 0.4) is 0 Å². The van der Waals surface area contributed by atoms with Crippen molar-refractivity contribution in [3.8, 4) is 0 Å².